The second-order valence-corrected chi connectivity index (χ2v) is 3.95. The van der Waals surface area contributed by atoms with Gasteiger partial charge in [0.1, 0.15) is 0 Å². The largest absolute Gasteiger partial charge is 0.481 e. The fraction of sp³-hybridized carbons (Fsp3) is 0.417. The lowest BCUT2D eigenvalue weighted by atomic mass is 9.81. The zero-order valence-electron chi connectivity index (χ0n) is 8.93. The lowest BCUT2D eigenvalue weighted by molar-refractivity contribution is -0.143. The molecule has 1 fully saturated rings. The number of piperidine rings is 1. The molecule has 1 aromatic carbocycles. The minimum absolute atomic E-state index is 0. The van der Waals surface area contributed by atoms with Crippen molar-refractivity contribution in [2.45, 2.75) is 12.3 Å². The second kappa shape index (κ2) is 5.87. The van der Waals surface area contributed by atoms with Crippen molar-refractivity contribution in [1.82, 2.24) is 5.32 Å². The van der Waals surface area contributed by atoms with Gasteiger partial charge in [-0.05, 0) is 18.5 Å². The quantitative estimate of drug-likeness (QED) is 0.831. The Hall–Kier alpha value is -1.06. The van der Waals surface area contributed by atoms with Gasteiger partial charge in [-0.1, -0.05) is 30.3 Å². The van der Waals surface area contributed by atoms with E-state index in [1.54, 1.807) is 0 Å². The van der Waals surface area contributed by atoms with Gasteiger partial charge < -0.3 is 10.4 Å². The summed E-state index contributed by atoms with van der Waals surface area (Å²) in [6.07, 6.45) is 0.717. The summed E-state index contributed by atoms with van der Waals surface area (Å²) in [5.41, 5.74) is 1.12. The Morgan fingerprint density at radius 2 is 2.00 bits per heavy atom. The van der Waals surface area contributed by atoms with Crippen molar-refractivity contribution < 1.29 is 9.90 Å². The molecule has 1 aliphatic rings. The molecule has 0 aromatic heterocycles. The maximum Gasteiger partial charge on any atom is 0.307 e. The number of carbonyl (C=O) groups is 1. The monoisotopic (exact) mass is 241 g/mol. The number of hydrogen-bond donors (Lipinski definition) is 2. The number of carboxylic acids is 1. The van der Waals surface area contributed by atoms with E-state index in [0.29, 0.717) is 0 Å². The number of nitrogens with one attached hydrogen (secondary N) is 1. The van der Waals surface area contributed by atoms with Crippen LogP contribution in [0, 0.1) is 5.92 Å². The molecule has 1 aromatic rings. The van der Waals surface area contributed by atoms with Crippen molar-refractivity contribution >= 4 is 18.4 Å². The molecule has 0 unspecified atom stereocenters. The van der Waals surface area contributed by atoms with Crippen molar-refractivity contribution in [1.29, 1.82) is 0 Å². The van der Waals surface area contributed by atoms with Crippen LogP contribution in [0.25, 0.3) is 0 Å². The Morgan fingerprint density at radius 1 is 1.31 bits per heavy atom. The molecule has 0 saturated carbocycles. The molecular weight excluding hydrogens is 226 g/mol. The van der Waals surface area contributed by atoms with E-state index in [4.69, 9.17) is 5.11 Å². The summed E-state index contributed by atoms with van der Waals surface area (Å²) in [6, 6.07) is 9.89. The molecule has 0 aliphatic carbocycles. The van der Waals surface area contributed by atoms with Crippen LogP contribution >= 0.6 is 12.4 Å². The third-order valence-corrected chi connectivity index (χ3v) is 3.03. The van der Waals surface area contributed by atoms with Crippen molar-refractivity contribution in [3.8, 4) is 0 Å². The Morgan fingerprint density at radius 3 is 2.62 bits per heavy atom. The van der Waals surface area contributed by atoms with Crippen LogP contribution in [0.15, 0.2) is 30.3 Å². The molecule has 16 heavy (non-hydrogen) atoms. The van der Waals surface area contributed by atoms with Crippen LogP contribution < -0.4 is 5.32 Å². The highest BCUT2D eigenvalue weighted by molar-refractivity contribution is 5.85. The topological polar surface area (TPSA) is 49.3 Å². The lowest BCUT2D eigenvalue weighted by Crippen LogP contribution is -2.38. The number of aliphatic carboxylic acids is 1. The first-order chi connectivity index (χ1) is 7.29. The van der Waals surface area contributed by atoms with Gasteiger partial charge in [0.25, 0.3) is 0 Å². The van der Waals surface area contributed by atoms with Crippen molar-refractivity contribution in [3.05, 3.63) is 35.9 Å². The minimum atomic E-state index is -0.676. The highest BCUT2D eigenvalue weighted by atomic mass is 35.5. The van der Waals surface area contributed by atoms with Gasteiger partial charge in [-0.3, -0.25) is 4.79 Å². The molecule has 0 amide bonds. The molecule has 88 valence electrons. The SMILES string of the molecule is Cl.O=C(O)[C@@H]1CCNC[C@H]1c1ccccc1. The van der Waals surface area contributed by atoms with E-state index in [-0.39, 0.29) is 24.2 Å². The van der Waals surface area contributed by atoms with E-state index in [1.807, 2.05) is 30.3 Å². The van der Waals surface area contributed by atoms with E-state index in [9.17, 15) is 4.79 Å². The number of hydrogen-bond acceptors (Lipinski definition) is 2. The van der Waals surface area contributed by atoms with Crippen molar-refractivity contribution in [2.75, 3.05) is 13.1 Å². The number of benzene rings is 1. The summed E-state index contributed by atoms with van der Waals surface area (Å²) in [7, 11) is 0. The van der Waals surface area contributed by atoms with Gasteiger partial charge in [-0.25, -0.2) is 0 Å². The summed E-state index contributed by atoms with van der Waals surface area (Å²) in [4.78, 5) is 11.1. The lowest BCUT2D eigenvalue weighted by Gasteiger charge is -2.29. The standard InChI is InChI=1S/C12H15NO2.ClH/c14-12(15)10-6-7-13-8-11(10)9-4-2-1-3-5-9;/h1-5,10-11,13H,6-8H2,(H,14,15);1H/t10-,11+;/m1./s1. The molecule has 1 aliphatic heterocycles. The summed E-state index contributed by atoms with van der Waals surface area (Å²) in [5, 5.41) is 12.4. The fourth-order valence-electron chi connectivity index (χ4n) is 2.20. The van der Waals surface area contributed by atoms with E-state index in [2.05, 4.69) is 5.32 Å². The van der Waals surface area contributed by atoms with E-state index >= 15 is 0 Å². The van der Waals surface area contributed by atoms with Crippen LogP contribution in [-0.4, -0.2) is 24.2 Å². The van der Waals surface area contributed by atoms with Crippen LogP contribution in [0.4, 0.5) is 0 Å². The first kappa shape index (κ1) is 13.0. The maximum atomic E-state index is 11.1. The first-order valence-electron chi connectivity index (χ1n) is 5.27. The molecule has 2 rings (SSSR count). The molecule has 2 N–H and O–H groups in total. The molecule has 4 heteroatoms. The fourth-order valence-corrected chi connectivity index (χ4v) is 2.20. The average Bonchev–Trinajstić information content (AvgIpc) is 2.30. The average molecular weight is 242 g/mol. The number of halogens is 1. The Balaban J connectivity index is 0.00000128. The maximum absolute atomic E-state index is 11.1. The Kier molecular flexibility index (Phi) is 4.77. The third kappa shape index (κ3) is 2.74. The van der Waals surface area contributed by atoms with Gasteiger partial charge in [0.15, 0.2) is 0 Å². The Bertz CT molecular complexity index is 342. The molecule has 0 radical (unpaired) electrons. The first-order valence-corrected chi connectivity index (χ1v) is 5.27. The zero-order valence-corrected chi connectivity index (χ0v) is 9.74. The number of carboxylic acid groups (broad SMARTS) is 1. The van der Waals surface area contributed by atoms with Crippen LogP contribution in [0.1, 0.15) is 17.9 Å². The van der Waals surface area contributed by atoms with Gasteiger partial charge in [0, 0.05) is 12.5 Å². The highest BCUT2D eigenvalue weighted by Crippen LogP contribution is 2.29. The third-order valence-electron chi connectivity index (χ3n) is 3.03. The molecule has 2 atom stereocenters. The van der Waals surface area contributed by atoms with Gasteiger partial charge in [0.05, 0.1) is 5.92 Å². The second-order valence-electron chi connectivity index (χ2n) is 3.95. The van der Waals surface area contributed by atoms with Gasteiger partial charge >= 0.3 is 5.97 Å². The zero-order chi connectivity index (χ0) is 10.7. The molecule has 3 nitrogen and oxygen atoms in total. The van der Waals surface area contributed by atoms with Crippen molar-refractivity contribution in [2.24, 2.45) is 5.92 Å². The van der Waals surface area contributed by atoms with Gasteiger partial charge in [-0.2, -0.15) is 0 Å². The van der Waals surface area contributed by atoms with E-state index in [1.165, 1.54) is 0 Å². The van der Waals surface area contributed by atoms with Crippen LogP contribution in [0.5, 0.6) is 0 Å². The number of rotatable bonds is 2. The Labute approximate surface area is 101 Å². The van der Waals surface area contributed by atoms with Crippen LogP contribution in [-0.2, 0) is 4.79 Å². The smallest absolute Gasteiger partial charge is 0.307 e. The molecule has 0 bridgehead atoms. The normalized spacial score (nSPS) is 24.5. The van der Waals surface area contributed by atoms with Gasteiger partial charge in [-0.15, -0.1) is 12.4 Å². The molecular formula is C12H16ClNO2. The molecule has 0 spiro atoms. The van der Waals surface area contributed by atoms with Crippen LogP contribution in [0.2, 0.25) is 0 Å². The van der Waals surface area contributed by atoms with Gasteiger partial charge in [0.2, 0.25) is 0 Å². The van der Waals surface area contributed by atoms with E-state index in [0.717, 1.165) is 25.1 Å². The summed E-state index contributed by atoms with van der Waals surface area (Å²) in [5.74, 6) is -0.809. The highest BCUT2D eigenvalue weighted by Gasteiger charge is 2.31. The summed E-state index contributed by atoms with van der Waals surface area (Å²) < 4.78 is 0. The predicted octanol–water partition coefficient (Wildman–Crippen LogP) is 1.89. The van der Waals surface area contributed by atoms with E-state index < -0.39 is 5.97 Å². The minimum Gasteiger partial charge on any atom is -0.481 e. The molecule has 1 saturated heterocycles. The van der Waals surface area contributed by atoms with Crippen LogP contribution in [0.3, 0.4) is 0 Å². The predicted molar refractivity (Wildman–Crippen MR) is 65.0 cm³/mol. The van der Waals surface area contributed by atoms with Crippen molar-refractivity contribution in [3.63, 3.8) is 0 Å². The molecule has 1 heterocycles. The summed E-state index contributed by atoms with van der Waals surface area (Å²) >= 11 is 0. The summed E-state index contributed by atoms with van der Waals surface area (Å²) in [6.45, 7) is 1.57.